The minimum Gasteiger partial charge on any atom is -0.477 e. The first-order chi connectivity index (χ1) is 33.6. The topological polar surface area (TPSA) is 108 Å². The van der Waals surface area contributed by atoms with E-state index < -0.39 is 24.3 Å². The van der Waals surface area contributed by atoms with Gasteiger partial charge in [0.15, 0.2) is 6.10 Å². The van der Waals surface area contributed by atoms with Gasteiger partial charge < -0.3 is 28.5 Å². The molecule has 9 heteroatoms. The minimum absolute atomic E-state index is 0.175. The third-order valence-corrected chi connectivity index (χ3v) is 11.0. The van der Waals surface area contributed by atoms with Crippen LogP contribution in [0.3, 0.4) is 0 Å². The molecule has 0 aromatic carbocycles. The summed E-state index contributed by atoms with van der Waals surface area (Å²) in [6, 6.07) is 0. The van der Waals surface area contributed by atoms with Crippen molar-refractivity contribution in [2.75, 3.05) is 47.5 Å². The molecule has 0 aliphatic carbocycles. The van der Waals surface area contributed by atoms with Crippen LogP contribution < -0.4 is 0 Å². The standard InChI is InChI=1S/C60H99NO8/c1-6-8-10-12-14-16-18-20-22-24-26-27-28-29-30-31-33-34-36-38-40-42-44-46-48-50-57(62)67-54-56(55-68-60(59(64)65)66-53-52-61(3,4)5)69-58(63)51-49-47-45-43-41-39-37-35-32-25-23-21-19-17-15-13-11-9-7-2/h8-11,14-17,20-23,26-27,32,35,39,41,56,60H,6-7,12-13,18-19,24-25,28-31,33-34,36-38,40,42-55H2,1-5H3/p+1/b10-8-,11-9-,16-14-,17-15-,22-20-,23-21-,27-26-,35-32-,41-39-. The van der Waals surface area contributed by atoms with Crippen LogP contribution in [0.25, 0.3) is 0 Å². The highest BCUT2D eigenvalue weighted by molar-refractivity contribution is 5.71. The Labute approximate surface area is 422 Å². The summed E-state index contributed by atoms with van der Waals surface area (Å²) in [5.41, 5.74) is 0. The first-order valence-corrected chi connectivity index (χ1v) is 27.1. The van der Waals surface area contributed by atoms with Gasteiger partial charge in [-0.25, -0.2) is 4.79 Å². The van der Waals surface area contributed by atoms with Gasteiger partial charge in [-0.15, -0.1) is 0 Å². The van der Waals surface area contributed by atoms with E-state index in [1.165, 1.54) is 64.2 Å². The fourth-order valence-electron chi connectivity index (χ4n) is 6.91. The summed E-state index contributed by atoms with van der Waals surface area (Å²) in [6.45, 7) is 4.59. The third kappa shape index (κ3) is 51.6. The van der Waals surface area contributed by atoms with Crippen LogP contribution in [0.4, 0.5) is 0 Å². The van der Waals surface area contributed by atoms with Crippen LogP contribution >= 0.6 is 0 Å². The molecule has 0 aromatic rings. The van der Waals surface area contributed by atoms with Crippen LogP contribution in [0.2, 0.25) is 0 Å². The molecule has 0 bridgehead atoms. The average Bonchev–Trinajstić information content (AvgIpc) is 3.31. The summed E-state index contributed by atoms with van der Waals surface area (Å²) in [7, 11) is 5.94. The van der Waals surface area contributed by atoms with E-state index in [0.717, 1.165) is 96.3 Å². The van der Waals surface area contributed by atoms with Gasteiger partial charge >= 0.3 is 17.9 Å². The Kier molecular flexibility index (Phi) is 47.4. The van der Waals surface area contributed by atoms with Crippen molar-refractivity contribution in [1.82, 2.24) is 0 Å². The monoisotopic (exact) mass is 963 g/mol. The van der Waals surface area contributed by atoms with Gasteiger partial charge in [-0.1, -0.05) is 194 Å². The molecule has 392 valence electrons. The number of aliphatic carboxylic acids is 1. The number of quaternary nitrogens is 1. The van der Waals surface area contributed by atoms with E-state index in [1.807, 2.05) is 21.1 Å². The van der Waals surface area contributed by atoms with Crippen molar-refractivity contribution in [3.05, 3.63) is 109 Å². The van der Waals surface area contributed by atoms with Crippen molar-refractivity contribution >= 4 is 17.9 Å². The van der Waals surface area contributed by atoms with Crippen molar-refractivity contribution in [1.29, 1.82) is 0 Å². The number of nitrogens with zero attached hydrogens (tertiary/aromatic N) is 1. The van der Waals surface area contributed by atoms with Crippen LogP contribution in [0, 0.1) is 0 Å². The van der Waals surface area contributed by atoms with Gasteiger partial charge in [-0.2, -0.15) is 0 Å². The second-order valence-corrected chi connectivity index (χ2v) is 18.8. The highest BCUT2D eigenvalue weighted by Crippen LogP contribution is 2.14. The quantitative estimate of drug-likeness (QED) is 0.0211. The maximum atomic E-state index is 12.8. The Hall–Kier alpha value is -4.05. The molecular weight excluding hydrogens is 863 g/mol. The number of likely N-dealkylation sites (N-methyl/N-ethyl adjacent to an activating group) is 1. The lowest BCUT2D eigenvalue weighted by Crippen LogP contribution is -2.40. The molecule has 0 amide bonds. The molecule has 0 rings (SSSR count). The number of carboxylic acids is 1. The summed E-state index contributed by atoms with van der Waals surface area (Å²) in [5.74, 6) is -2.06. The van der Waals surface area contributed by atoms with Crippen LogP contribution in [-0.2, 0) is 33.3 Å². The van der Waals surface area contributed by atoms with Crippen molar-refractivity contribution in [2.45, 2.75) is 206 Å². The van der Waals surface area contributed by atoms with E-state index in [0.29, 0.717) is 17.4 Å². The molecule has 1 N–H and O–H groups in total. The number of carboxylic acid groups (broad SMARTS) is 1. The Morgan fingerprint density at radius 1 is 0.435 bits per heavy atom. The molecule has 0 aliphatic rings. The number of ether oxygens (including phenoxy) is 4. The molecule has 0 fully saturated rings. The minimum atomic E-state index is -1.53. The molecule has 0 spiro atoms. The Morgan fingerprint density at radius 3 is 1.17 bits per heavy atom. The lowest BCUT2D eigenvalue weighted by molar-refractivity contribution is -0.870. The smallest absolute Gasteiger partial charge is 0.361 e. The molecule has 0 aromatic heterocycles. The molecule has 2 unspecified atom stereocenters. The molecule has 0 radical (unpaired) electrons. The first-order valence-electron chi connectivity index (χ1n) is 27.1. The third-order valence-electron chi connectivity index (χ3n) is 11.0. The maximum absolute atomic E-state index is 12.8. The van der Waals surface area contributed by atoms with Gasteiger partial charge in [-0.3, -0.25) is 9.59 Å². The van der Waals surface area contributed by atoms with Crippen molar-refractivity contribution < 1.29 is 42.9 Å². The zero-order chi connectivity index (χ0) is 50.6. The molecule has 0 saturated carbocycles. The SMILES string of the molecule is CC/C=C\C/C=C\C/C=C\C/C=C\C/C=C\CCCCCC(=O)OC(COC(=O)CCCCCCCCCCCCCC/C=C\C/C=C\C/C=C\C/C=C\CC)COC(OCC[N+](C)(C)C)C(=O)O. The lowest BCUT2D eigenvalue weighted by Gasteiger charge is -2.25. The summed E-state index contributed by atoms with van der Waals surface area (Å²) in [4.78, 5) is 37.4. The Morgan fingerprint density at radius 2 is 0.783 bits per heavy atom. The largest absolute Gasteiger partial charge is 0.477 e. The second kappa shape index (κ2) is 50.3. The Bertz CT molecular complexity index is 1490. The van der Waals surface area contributed by atoms with E-state index in [9.17, 15) is 19.5 Å². The number of esters is 2. The fraction of sp³-hybridized carbons (Fsp3) is 0.650. The number of unbranched alkanes of at least 4 members (excludes halogenated alkanes) is 15. The van der Waals surface area contributed by atoms with Gasteiger partial charge in [-0.05, 0) is 96.3 Å². The summed E-state index contributed by atoms with van der Waals surface area (Å²) in [6.07, 6.45) is 65.9. The molecule has 0 heterocycles. The number of hydrogen-bond donors (Lipinski definition) is 1. The number of carbonyl (C=O) groups excluding carboxylic acids is 2. The van der Waals surface area contributed by atoms with Crippen molar-refractivity contribution in [3.8, 4) is 0 Å². The van der Waals surface area contributed by atoms with Gasteiger partial charge in [0, 0.05) is 12.8 Å². The van der Waals surface area contributed by atoms with E-state index in [1.54, 1.807) is 0 Å². The van der Waals surface area contributed by atoms with Gasteiger partial charge in [0.25, 0.3) is 6.29 Å². The predicted molar refractivity (Wildman–Crippen MR) is 290 cm³/mol. The van der Waals surface area contributed by atoms with E-state index in [-0.39, 0.29) is 38.6 Å². The highest BCUT2D eigenvalue weighted by Gasteiger charge is 2.25. The zero-order valence-electron chi connectivity index (χ0n) is 44.4. The van der Waals surface area contributed by atoms with Crippen LogP contribution in [0.5, 0.6) is 0 Å². The number of allylic oxidation sites excluding steroid dienone is 18. The predicted octanol–water partition coefficient (Wildman–Crippen LogP) is 15.6. The van der Waals surface area contributed by atoms with E-state index >= 15 is 0 Å². The van der Waals surface area contributed by atoms with Gasteiger partial charge in [0.2, 0.25) is 0 Å². The van der Waals surface area contributed by atoms with Gasteiger partial charge in [0.05, 0.1) is 34.4 Å². The number of rotatable bonds is 48. The van der Waals surface area contributed by atoms with Crippen molar-refractivity contribution in [3.63, 3.8) is 0 Å². The molecule has 9 nitrogen and oxygen atoms in total. The molecule has 0 saturated heterocycles. The lowest BCUT2D eigenvalue weighted by atomic mass is 10.0. The molecular formula is C60H100NO8+. The molecule has 0 aliphatic heterocycles. The summed E-state index contributed by atoms with van der Waals surface area (Å²) < 4.78 is 22.8. The van der Waals surface area contributed by atoms with Crippen LogP contribution in [-0.4, -0.2) is 87.4 Å². The first kappa shape index (κ1) is 65.0. The summed E-state index contributed by atoms with van der Waals surface area (Å²) in [5, 5.41) is 9.68. The average molecular weight is 963 g/mol. The maximum Gasteiger partial charge on any atom is 0.361 e. The zero-order valence-corrected chi connectivity index (χ0v) is 44.4. The highest BCUT2D eigenvalue weighted by atomic mass is 16.7. The van der Waals surface area contributed by atoms with E-state index in [4.69, 9.17) is 18.9 Å². The van der Waals surface area contributed by atoms with Crippen LogP contribution in [0.1, 0.15) is 194 Å². The number of carbonyl (C=O) groups is 3. The Balaban J connectivity index is 4.35. The number of hydrogen-bond acceptors (Lipinski definition) is 7. The molecule has 69 heavy (non-hydrogen) atoms. The second-order valence-electron chi connectivity index (χ2n) is 18.8. The van der Waals surface area contributed by atoms with Gasteiger partial charge in [0.1, 0.15) is 13.2 Å². The normalized spacial score (nSPS) is 13.7. The molecule has 2 atom stereocenters. The van der Waals surface area contributed by atoms with Crippen LogP contribution in [0.15, 0.2) is 109 Å². The fourth-order valence-corrected chi connectivity index (χ4v) is 6.91. The summed E-state index contributed by atoms with van der Waals surface area (Å²) >= 11 is 0. The van der Waals surface area contributed by atoms with E-state index in [2.05, 4.69) is 123 Å². The van der Waals surface area contributed by atoms with Crippen molar-refractivity contribution in [2.24, 2.45) is 0 Å².